The molecule has 0 unspecified atom stereocenters. The number of ether oxygens (including phenoxy) is 1. The highest BCUT2D eigenvalue weighted by Crippen LogP contribution is 2.20. The molecule has 1 amide bonds. The van der Waals surface area contributed by atoms with E-state index in [1.54, 1.807) is 12.4 Å². The van der Waals surface area contributed by atoms with Crippen LogP contribution in [-0.4, -0.2) is 41.5 Å². The van der Waals surface area contributed by atoms with Crippen molar-refractivity contribution in [3.63, 3.8) is 0 Å². The molecule has 0 spiro atoms. The predicted octanol–water partition coefficient (Wildman–Crippen LogP) is 4.57. The Morgan fingerprint density at radius 1 is 1.06 bits per heavy atom. The highest BCUT2D eigenvalue weighted by atomic mass is 16.5. The van der Waals surface area contributed by atoms with E-state index < -0.39 is 0 Å². The van der Waals surface area contributed by atoms with Gasteiger partial charge in [0.05, 0.1) is 0 Å². The number of piperidine rings is 1. The molecule has 5 heteroatoms. The van der Waals surface area contributed by atoms with Crippen molar-refractivity contribution in [2.75, 3.05) is 19.6 Å². The molecule has 0 bridgehead atoms. The SMILES string of the molecule is O=C(NCc1cccnc1)c1cccc(OC2CCN(C/C=C/c3ccccc3)CC2)c1. The Bertz CT molecular complexity index is 1010. The minimum absolute atomic E-state index is 0.112. The summed E-state index contributed by atoms with van der Waals surface area (Å²) in [7, 11) is 0. The Balaban J connectivity index is 1.23. The first kappa shape index (κ1) is 21.8. The van der Waals surface area contributed by atoms with Crippen molar-refractivity contribution < 1.29 is 9.53 Å². The molecule has 1 N–H and O–H groups in total. The van der Waals surface area contributed by atoms with Crippen molar-refractivity contribution in [1.29, 1.82) is 0 Å². The second kappa shape index (κ2) is 11.3. The van der Waals surface area contributed by atoms with Gasteiger partial charge in [0.2, 0.25) is 0 Å². The quantitative estimate of drug-likeness (QED) is 0.572. The highest BCUT2D eigenvalue weighted by molar-refractivity contribution is 5.94. The third-order valence-corrected chi connectivity index (χ3v) is 5.58. The topological polar surface area (TPSA) is 54.5 Å². The lowest BCUT2D eigenvalue weighted by Gasteiger charge is -2.31. The number of nitrogens with one attached hydrogen (secondary N) is 1. The average molecular weight is 428 g/mol. The third kappa shape index (κ3) is 6.53. The van der Waals surface area contributed by atoms with Crippen molar-refractivity contribution in [3.8, 4) is 5.75 Å². The maximum atomic E-state index is 12.5. The van der Waals surface area contributed by atoms with Gasteiger partial charge in [0.15, 0.2) is 0 Å². The van der Waals surface area contributed by atoms with Crippen LogP contribution in [0, 0.1) is 0 Å². The number of benzene rings is 2. The normalized spacial score (nSPS) is 15.0. The Morgan fingerprint density at radius 2 is 1.91 bits per heavy atom. The molecule has 1 aliphatic rings. The summed E-state index contributed by atoms with van der Waals surface area (Å²) in [6.07, 6.45) is 10.0. The van der Waals surface area contributed by atoms with E-state index >= 15 is 0 Å². The fourth-order valence-electron chi connectivity index (χ4n) is 3.80. The molecule has 164 valence electrons. The molecular weight excluding hydrogens is 398 g/mol. The minimum atomic E-state index is -0.112. The summed E-state index contributed by atoms with van der Waals surface area (Å²) in [6, 6.07) is 21.6. The van der Waals surface area contributed by atoms with Crippen LogP contribution in [0.15, 0.2) is 85.2 Å². The predicted molar refractivity (Wildman–Crippen MR) is 127 cm³/mol. The van der Waals surface area contributed by atoms with Gasteiger partial charge in [-0.25, -0.2) is 0 Å². The van der Waals surface area contributed by atoms with Gasteiger partial charge >= 0.3 is 0 Å². The lowest BCUT2D eigenvalue weighted by molar-refractivity contribution is 0.0946. The maximum Gasteiger partial charge on any atom is 0.251 e. The monoisotopic (exact) mass is 427 g/mol. The molecule has 1 aromatic heterocycles. The number of hydrogen-bond donors (Lipinski definition) is 1. The van der Waals surface area contributed by atoms with Crippen molar-refractivity contribution in [3.05, 3.63) is 102 Å². The van der Waals surface area contributed by atoms with Crippen LogP contribution in [-0.2, 0) is 6.54 Å². The van der Waals surface area contributed by atoms with Gasteiger partial charge in [-0.3, -0.25) is 14.7 Å². The largest absolute Gasteiger partial charge is 0.490 e. The number of hydrogen-bond acceptors (Lipinski definition) is 4. The summed E-state index contributed by atoms with van der Waals surface area (Å²) in [5.74, 6) is 0.640. The van der Waals surface area contributed by atoms with Crippen LogP contribution in [0.4, 0.5) is 0 Å². The van der Waals surface area contributed by atoms with Gasteiger partial charge in [-0.2, -0.15) is 0 Å². The Labute approximate surface area is 189 Å². The van der Waals surface area contributed by atoms with Gasteiger partial charge < -0.3 is 10.1 Å². The van der Waals surface area contributed by atoms with E-state index in [1.165, 1.54) is 5.56 Å². The average Bonchev–Trinajstić information content (AvgIpc) is 2.85. The summed E-state index contributed by atoms with van der Waals surface area (Å²) < 4.78 is 6.20. The minimum Gasteiger partial charge on any atom is -0.490 e. The zero-order valence-electron chi connectivity index (χ0n) is 18.2. The zero-order chi connectivity index (χ0) is 22.0. The van der Waals surface area contributed by atoms with Crippen LogP contribution in [0.3, 0.4) is 0 Å². The van der Waals surface area contributed by atoms with Gasteiger partial charge in [-0.05, 0) is 48.2 Å². The fraction of sp³-hybridized carbons (Fsp3) is 0.259. The molecule has 0 atom stereocenters. The van der Waals surface area contributed by atoms with Gasteiger partial charge in [-0.1, -0.05) is 54.6 Å². The van der Waals surface area contributed by atoms with Gasteiger partial charge in [0.25, 0.3) is 5.91 Å². The van der Waals surface area contributed by atoms with E-state index in [9.17, 15) is 4.79 Å². The van der Waals surface area contributed by atoms with E-state index in [-0.39, 0.29) is 12.0 Å². The summed E-state index contributed by atoms with van der Waals surface area (Å²) in [6.45, 7) is 3.42. The van der Waals surface area contributed by atoms with Crippen LogP contribution in [0.2, 0.25) is 0 Å². The Morgan fingerprint density at radius 3 is 2.69 bits per heavy atom. The van der Waals surface area contributed by atoms with Gasteiger partial charge in [-0.15, -0.1) is 0 Å². The number of carbonyl (C=O) groups is 1. The highest BCUT2D eigenvalue weighted by Gasteiger charge is 2.20. The molecule has 2 heterocycles. The van der Waals surface area contributed by atoms with Crippen molar-refractivity contribution in [1.82, 2.24) is 15.2 Å². The number of rotatable bonds is 8. The number of nitrogens with zero attached hydrogens (tertiary/aromatic N) is 2. The number of aromatic nitrogens is 1. The molecule has 3 aromatic rings. The van der Waals surface area contributed by atoms with E-state index in [0.717, 1.165) is 43.8 Å². The first-order chi connectivity index (χ1) is 15.8. The summed E-state index contributed by atoms with van der Waals surface area (Å²) in [5.41, 5.74) is 2.81. The Hall–Kier alpha value is -3.44. The number of likely N-dealkylation sites (tertiary alicyclic amines) is 1. The van der Waals surface area contributed by atoms with Crippen LogP contribution >= 0.6 is 0 Å². The smallest absolute Gasteiger partial charge is 0.251 e. The summed E-state index contributed by atoms with van der Waals surface area (Å²) >= 11 is 0. The molecular formula is C27H29N3O2. The Kier molecular flexibility index (Phi) is 7.66. The lowest BCUT2D eigenvalue weighted by Crippen LogP contribution is -2.38. The molecule has 0 radical (unpaired) electrons. The van der Waals surface area contributed by atoms with Crippen molar-refractivity contribution >= 4 is 12.0 Å². The lowest BCUT2D eigenvalue weighted by atomic mass is 10.1. The molecule has 1 fully saturated rings. The van der Waals surface area contributed by atoms with Crippen LogP contribution in [0.5, 0.6) is 5.75 Å². The molecule has 1 aliphatic heterocycles. The first-order valence-electron chi connectivity index (χ1n) is 11.1. The summed E-state index contributed by atoms with van der Waals surface area (Å²) in [5, 5.41) is 2.94. The van der Waals surface area contributed by atoms with E-state index in [4.69, 9.17) is 4.74 Å². The molecule has 32 heavy (non-hydrogen) atoms. The van der Waals surface area contributed by atoms with Gasteiger partial charge in [0, 0.05) is 44.1 Å². The van der Waals surface area contributed by atoms with Crippen molar-refractivity contribution in [2.45, 2.75) is 25.5 Å². The number of pyridine rings is 1. The third-order valence-electron chi connectivity index (χ3n) is 5.58. The molecule has 2 aromatic carbocycles. The zero-order valence-corrected chi connectivity index (χ0v) is 18.2. The molecule has 0 saturated carbocycles. The molecule has 0 aliphatic carbocycles. The first-order valence-corrected chi connectivity index (χ1v) is 11.1. The van der Waals surface area contributed by atoms with Crippen molar-refractivity contribution in [2.24, 2.45) is 0 Å². The van der Waals surface area contributed by atoms with Gasteiger partial charge in [0.1, 0.15) is 11.9 Å². The standard InChI is InChI=1S/C27H29N3O2/c31-27(29-21-23-9-5-15-28-20-23)24-11-4-12-26(19-24)32-25-13-17-30(18-14-25)16-6-10-22-7-2-1-3-8-22/h1-12,15,19-20,25H,13-14,16-18,21H2,(H,29,31)/b10-6+. The van der Waals surface area contributed by atoms with E-state index in [2.05, 4.69) is 51.6 Å². The maximum absolute atomic E-state index is 12.5. The van der Waals surface area contributed by atoms with Crippen LogP contribution in [0.25, 0.3) is 6.08 Å². The summed E-state index contributed by atoms with van der Waals surface area (Å²) in [4.78, 5) is 19.0. The second-order valence-electron chi connectivity index (χ2n) is 8.00. The molecule has 5 nitrogen and oxygen atoms in total. The van der Waals surface area contributed by atoms with Crippen LogP contribution < -0.4 is 10.1 Å². The molecule has 1 saturated heterocycles. The van der Waals surface area contributed by atoms with E-state index in [1.807, 2.05) is 42.5 Å². The number of amides is 1. The second-order valence-corrected chi connectivity index (χ2v) is 8.00. The van der Waals surface area contributed by atoms with Crippen LogP contribution in [0.1, 0.15) is 34.3 Å². The number of carbonyl (C=O) groups excluding carboxylic acids is 1. The molecule has 4 rings (SSSR count). The fourth-order valence-corrected chi connectivity index (χ4v) is 3.80. The van der Waals surface area contributed by atoms with E-state index in [0.29, 0.717) is 12.1 Å².